The van der Waals surface area contributed by atoms with Crippen LogP contribution in [0.5, 0.6) is 0 Å². The van der Waals surface area contributed by atoms with E-state index in [0.29, 0.717) is 0 Å². The van der Waals surface area contributed by atoms with Crippen LogP contribution < -0.4 is 17.0 Å². The number of aromatic nitrogens is 8. The van der Waals surface area contributed by atoms with Gasteiger partial charge in [-0.1, -0.05) is 0 Å². The fraction of sp³-hybridized carbons (Fsp3) is 0.524. The van der Waals surface area contributed by atoms with Gasteiger partial charge in [0, 0.05) is 6.66 Å². The molecular formula is C21H26N10O12P2. The Labute approximate surface area is 250 Å². The second-order valence-electron chi connectivity index (χ2n) is 10.4. The molecule has 7 rings (SSSR count). The van der Waals surface area contributed by atoms with Crippen molar-refractivity contribution in [3.8, 4) is 0 Å². The van der Waals surface area contributed by atoms with E-state index in [1.807, 2.05) is 0 Å². The van der Waals surface area contributed by atoms with E-state index in [1.165, 1.54) is 21.8 Å². The van der Waals surface area contributed by atoms with E-state index < -0.39 is 83.3 Å². The number of nitrogen functional groups attached to an aromatic ring is 2. The van der Waals surface area contributed by atoms with Crippen molar-refractivity contribution in [2.45, 2.75) is 49.1 Å². The second-order valence-corrected chi connectivity index (χ2v) is 13.9. The van der Waals surface area contributed by atoms with E-state index in [1.54, 1.807) is 0 Å². The standard InChI is InChI=1S/C21H26N10O12P2/c1-44(35)38-2-7-12(33)14(20(40-7)31-6-27-10-17(31)28-21(23)29-18(10)34)43-45(36,37)39-3-8-11(32)13(42-44)19(41-8)30-5-26-9-15(22)24-4-25-16(9)30/h4-8,11-14,19-20,32-33H,2-3H2,1H3,(H,36,37)(H2,22,24,25)(H3,23,28,29,34)/t7-,8-,11-,12-,13-,14-,19-,20-,44?/m1/s1. The van der Waals surface area contributed by atoms with Crippen LogP contribution in [0.3, 0.4) is 0 Å². The van der Waals surface area contributed by atoms with Crippen LogP contribution in [0, 0.1) is 0 Å². The topological polar surface area (TPSA) is 309 Å². The molecule has 0 radical (unpaired) electrons. The molecular weight excluding hydrogens is 646 g/mol. The minimum absolute atomic E-state index is 0.0672. The third-order valence-electron chi connectivity index (χ3n) is 7.45. The van der Waals surface area contributed by atoms with E-state index in [-0.39, 0.29) is 34.1 Å². The Morgan fingerprint density at radius 3 is 2.18 bits per heavy atom. The van der Waals surface area contributed by atoms with Crippen LogP contribution in [0.4, 0.5) is 11.8 Å². The van der Waals surface area contributed by atoms with Gasteiger partial charge in [0.25, 0.3) is 5.56 Å². The van der Waals surface area contributed by atoms with Crippen LogP contribution in [0.2, 0.25) is 0 Å². The molecule has 3 aliphatic rings. The predicted molar refractivity (Wildman–Crippen MR) is 147 cm³/mol. The first-order valence-corrected chi connectivity index (χ1v) is 16.7. The molecule has 4 bridgehead atoms. The Bertz CT molecular complexity index is 1940. The molecule has 24 heteroatoms. The fourth-order valence-electron chi connectivity index (χ4n) is 5.38. The molecule has 3 fully saturated rings. The number of nitrogens with one attached hydrogen (secondary N) is 1. The van der Waals surface area contributed by atoms with E-state index >= 15 is 0 Å². The summed E-state index contributed by atoms with van der Waals surface area (Å²) < 4.78 is 63.1. The number of nitrogens with two attached hydrogens (primary N) is 2. The zero-order valence-corrected chi connectivity index (χ0v) is 24.7. The minimum atomic E-state index is -5.05. The van der Waals surface area contributed by atoms with Crippen molar-refractivity contribution < 1.29 is 51.8 Å². The number of fused-ring (bicyclic) bond motifs is 6. The van der Waals surface area contributed by atoms with E-state index in [2.05, 4.69) is 29.9 Å². The number of H-pyrrole nitrogens is 1. The Morgan fingerprint density at radius 1 is 0.889 bits per heavy atom. The van der Waals surface area contributed by atoms with Gasteiger partial charge in [-0.25, -0.2) is 24.5 Å². The number of imidazole rings is 2. The summed E-state index contributed by atoms with van der Waals surface area (Å²) in [6.07, 6.45) is -8.03. The maximum absolute atomic E-state index is 13.6. The highest BCUT2D eigenvalue weighted by Crippen LogP contribution is 2.54. The molecule has 3 saturated heterocycles. The third-order valence-corrected chi connectivity index (χ3v) is 9.68. The average molecular weight is 672 g/mol. The summed E-state index contributed by atoms with van der Waals surface area (Å²) in [5.41, 5.74) is 11.1. The van der Waals surface area contributed by atoms with Gasteiger partial charge in [0.05, 0.1) is 25.9 Å². The molecule has 10 atom stereocenters. The van der Waals surface area contributed by atoms with Crippen LogP contribution in [0.15, 0.2) is 23.8 Å². The van der Waals surface area contributed by atoms with Crippen molar-refractivity contribution in [3.63, 3.8) is 0 Å². The molecule has 3 aliphatic heterocycles. The van der Waals surface area contributed by atoms with Gasteiger partial charge in [0.15, 0.2) is 35.1 Å². The van der Waals surface area contributed by atoms with Crippen LogP contribution >= 0.6 is 15.4 Å². The first-order chi connectivity index (χ1) is 21.3. The summed E-state index contributed by atoms with van der Waals surface area (Å²) in [4.78, 5) is 45.5. The first kappa shape index (κ1) is 30.3. The van der Waals surface area contributed by atoms with Crippen molar-refractivity contribution in [1.82, 2.24) is 39.0 Å². The fourth-order valence-corrected chi connectivity index (χ4v) is 7.47. The summed E-state index contributed by atoms with van der Waals surface area (Å²) in [5.74, 6) is -0.187. The van der Waals surface area contributed by atoms with Crippen molar-refractivity contribution in [1.29, 1.82) is 0 Å². The molecule has 0 aliphatic carbocycles. The number of phosphoric ester groups is 1. The largest absolute Gasteiger partial charge is 0.472 e. The zero-order valence-electron chi connectivity index (χ0n) is 23.0. The number of anilines is 2. The van der Waals surface area contributed by atoms with Gasteiger partial charge in [-0.2, -0.15) is 4.98 Å². The number of hydrogen-bond acceptors (Lipinski definition) is 18. The lowest BCUT2D eigenvalue weighted by atomic mass is 10.1. The number of aliphatic hydroxyl groups excluding tert-OH is 2. The van der Waals surface area contributed by atoms with Crippen molar-refractivity contribution in [2.24, 2.45) is 0 Å². The summed E-state index contributed by atoms with van der Waals surface area (Å²) in [6.45, 7) is -0.181. The summed E-state index contributed by atoms with van der Waals surface area (Å²) in [5, 5.41) is 22.3. The monoisotopic (exact) mass is 672 g/mol. The molecule has 242 valence electrons. The molecule has 0 amide bonds. The van der Waals surface area contributed by atoms with Crippen LogP contribution in [-0.2, 0) is 36.7 Å². The molecule has 0 spiro atoms. The Kier molecular flexibility index (Phi) is 7.30. The van der Waals surface area contributed by atoms with Crippen LogP contribution in [0.1, 0.15) is 12.5 Å². The highest BCUT2D eigenvalue weighted by Gasteiger charge is 2.53. The van der Waals surface area contributed by atoms with Gasteiger partial charge < -0.3 is 40.6 Å². The van der Waals surface area contributed by atoms with E-state index in [9.17, 15) is 29.0 Å². The molecule has 8 N–H and O–H groups in total. The first-order valence-electron chi connectivity index (χ1n) is 13.2. The summed E-state index contributed by atoms with van der Waals surface area (Å²) >= 11 is 0. The van der Waals surface area contributed by atoms with Crippen LogP contribution in [-0.4, -0.2) is 111 Å². The highest BCUT2D eigenvalue weighted by molar-refractivity contribution is 7.53. The number of aliphatic hydroxyl groups is 2. The van der Waals surface area contributed by atoms with Gasteiger partial charge in [0.2, 0.25) is 5.95 Å². The van der Waals surface area contributed by atoms with Gasteiger partial charge >= 0.3 is 15.4 Å². The molecule has 45 heavy (non-hydrogen) atoms. The summed E-state index contributed by atoms with van der Waals surface area (Å²) in [7, 11) is -9.12. The lowest BCUT2D eigenvalue weighted by molar-refractivity contribution is -0.0643. The SMILES string of the molecule is CP1(=O)OC[C@H]2O[C@@H](n3cnc4c(=O)[nH]c(N)nc43)[C@H](OP(=O)(O)OC[C@H]3O[C@@H](n4cnc5c(N)ncnc54)[C@H](O1)[C@@H]3O)[C@@H]2O. The van der Waals surface area contributed by atoms with E-state index in [0.717, 1.165) is 13.0 Å². The maximum atomic E-state index is 13.6. The summed E-state index contributed by atoms with van der Waals surface area (Å²) in [6, 6.07) is 0. The molecule has 22 nitrogen and oxygen atoms in total. The molecule has 7 heterocycles. The molecule has 4 aromatic rings. The van der Waals surface area contributed by atoms with Crippen LogP contribution in [0.25, 0.3) is 22.3 Å². The number of hydrogen-bond donors (Lipinski definition) is 6. The number of rotatable bonds is 2. The molecule has 4 aromatic heterocycles. The Morgan fingerprint density at radius 2 is 1.49 bits per heavy atom. The van der Waals surface area contributed by atoms with Gasteiger partial charge in [-0.15, -0.1) is 0 Å². The number of ether oxygens (including phenoxy) is 2. The highest BCUT2D eigenvalue weighted by atomic mass is 31.2. The number of nitrogens with zero attached hydrogens (tertiary/aromatic N) is 7. The van der Waals surface area contributed by atoms with Gasteiger partial charge in [0.1, 0.15) is 48.5 Å². The molecule has 0 saturated carbocycles. The van der Waals surface area contributed by atoms with E-state index in [4.69, 9.17) is 39.0 Å². The minimum Gasteiger partial charge on any atom is -0.387 e. The lowest BCUT2D eigenvalue weighted by Gasteiger charge is -2.27. The molecule has 0 aromatic carbocycles. The van der Waals surface area contributed by atoms with Crippen molar-refractivity contribution >= 4 is 49.5 Å². The Hall–Kier alpha value is -3.40. The quantitative estimate of drug-likeness (QED) is 0.130. The zero-order chi connectivity index (χ0) is 31.8. The normalized spacial score (nSPS) is 37.7. The Balaban J connectivity index is 1.23. The van der Waals surface area contributed by atoms with Crippen molar-refractivity contribution in [3.05, 3.63) is 29.3 Å². The predicted octanol–water partition coefficient (Wildman–Crippen LogP) is -1.62. The van der Waals surface area contributed by atoms with Gasteiger partial charge in [-0.05, 0) is 0 Å². The second kappa shape index (κ2) is 10.9. The number of phosphoric acid groups is 1. The smallest absolute Gasteiger partial charge is 0.387 e. The number of aromatic amines is 1. The van der Waals surface area contributed by atoms with Crippen molar-refractivity contribution in [2.75, 3.05) is 31.3 Å². The molecule has 2 unspecified atom stereocenters. The average Bonchev–Trinajstić information content (AvgIpc) is 3.72. The lowest BCUT2D eigenvalue weighted by Crippen LogP contribution is -2.38. The maximum Gasteiger partial charge on any atom is 0.472 e. The van der Waals surface area contributed by atoms with Gasteiger partial charge in [-0.3, -0.25) is 37.0 Å². The third kappa shape index (κ3) is 5.32.